The maximum Gasteiger partial charge on any atom is 0.0480 e. The quantitative estimate of drug-likeness (QED) is 0.761. The molecule has 3 heteroatoms. The number of hydrogen-bond acceptors (Lipinski definition) is 2. The predicted octanol–water partition coefficient (Wildman–Crippen LogP) is 3.99. The van der Waals surface area contributed by atoms with Gasteiger partial charge in [0.15, 0.2) is 0 Å². The molecule has 4 rings (SSSR count). The molecule has 112 valence electrons. The molecular weight excluding hydrogens is 326 g/mol. The summed E-state index contributed by atoms with van der Waals surface area (Å²) in [4.78, 5) is 2.71. The van der Waals surface area contributed by atoms with E-state index in [2.05, 4.69) is 51.2 Å². The van der Waals surface area contributed by atoms with Crippen LogP contribution < -0.4 is 0 Å². The molecule has 2 saturated heterocycles. The maximum absolute atomic E-state index is 5.50. The summed E-state index contributed by atoms with van der Waals surface area (Å²) in [5.41, 5.74) is 3.25. The van der Waals surface area contributed by atoms with E-state index in [4.69, 9.17) is 4.74 Å². The Kier molecular flexibility index (Phi) is 3.68. The van der Waals surface area contributed by atoms with Gasteiger partial charge in [-0.05, 0) is 62.0 Å². The van der Waals surface area contributed by atoms with Crippen molar-refractivity contribution in [1.82, 2.24) is 4.90 Å². The molecule has 2 aliphatic heterocycles. The van der Waals surface area contributed by atoms with Crippen molar-refractivity contribution < 1.29 is 4.74 Å². The summed E-state index contributed by atoms with van der Waals surface area (Å²) >= 11 is 3.59. The molecule has 2 heterocycles. The van der Waals surface area contributed by atoms with Gasteiger partial charge in [0.05, 0.1) is 0 Å². The summed E-state index contributed by atoms with van der Waals surface area (Å²) < 4.78 is 6.68. The van der Waals surface area contributed by atoms with Crippen LogP contribution in [0, 0.1) is 0 Å². The smallest absolute Gasteiger partial charge is 0.0480 e. The third-order valence-corrected chi connectivity index (χ3v) is 6.02. The van der Waals surface area contributed by atoms with Crippen LogP contribution in [0.2, 0.25) is 0 Å². The number of fused-ring (bicyclic) bond motifs is 2. The predicted molar refractivity (Wildman–Crippen MR) is 89.5 cm³/mol. The first-order valence-corrected chi connectivity index (χ1v) is 8.87. The highest BCUT2D eigenvalue weighted by Gasteiger charge is 2.39. The van der Waals surface area contributed by atoms with Gasteiger partial charge >= 0.3 is 0 Å². The van der Waals surface area contributed by atoms with Gasteiger partial charge in [0.25, 0.3) is 0 Å². The van der Waals surface area contributed by atoms with Crippen molar-refractivity contribution in [2.75, 3.05) is 26.3 Å². The summed E-state index contributed by atoms with van der Waals surface area (Å²) in [6, 6.07) is 7.53. The number of halogens is 1. The van der Waals surface area contributed by atoms with E-state index in [1.54, 1.807) is 0 Å². The van der Waals surface area contributed by atoms with E-state index in [-0.39, 0.29) is 0 Å². The van der Waals surface area contributed by atoms with Gasteiger partial charge in [-0.15, -0.1) is 0 Å². The highest BCUT2D eigenvalue weighted by Crippen LogP contribution is 2.44. The van der Waals surface area contributed by atoms with Crippen LogP contribution in [0.5, 0.6) is 0 Å². The lowest BCUT2D eigenvalue weighted by Gasteiger charge is -2.43. The number of ether oxygens (including phenoxy) is 1. The fourth-order valence-electron chi connectivity index (χ4n) is 4.24. The standard InChI is InChI=1S/C18H22BrNO/c19-15-1-2-17-14(13-15)3-6-18(17)7-9-20(10-8-18)16-4-11-21-12-5-16/h1-3,6,13,16H,4-5,7-12H2. The Hall–Kier alpha value is -0.640. The average Bonchev–Trinajstić information content (AvgIpc) is 2.87. The highest BCUT2D eigenvalue weighted by molar-refractivity contribution is 9.10. The highest BCUT2D eigenvalue weighted by atomic mass is 79.9. The summed E-state index contributed by atoms with van der Waals surface area (Å²) in [5, 5.41) is 0. The Bertz CT molecular complexity index is 554. The van der Waals surface area contributed by atoms with Crippen molar-refractivity contribution in [3.8, 4) is 0 Å². The molecule has 0 radical (unpaired) electrons. The first kappa shape index (κ1) is 14.0. The second-order valence-corrected chi connectivity index (χ2v) is 7.52. The van der Waals surface area contributed by atoms with Crippen molar-refractivity contribution in [3.05, 3.63) is 39.9 Å². The normalized spacial score (nSPS) is 25.4. The second-order valence-electron chi connectivity index (χ2n) is 6.60. The van der Waals surface area contributed by atoms with Gasteiger partial charge in [0.1, 0.15) is 0 Å². The van der Waals surface area contributed by atoms with Gasteiger partial charge in [-0.25, -0.2) is 0 Å². The number of rotatable bonds is 1. The molecule has 0 amide bonds. The molecule has 2 fully saturated rings. The third-order valence-electron chi connectivity index (χ3n) is 5.53. The number of allylic oxidation sites excluding steroid dienone is 1. The molecule has 0 N–H and O–H groups in total. The summed E-state index contributed by atoms with van der Waals surface area (Å²) in [5.74, 6) is 0. The van der Waals surface area contributed by atoms with E-state index in [1.165, 1.54) is 54.4 Å². The van der Waals surface area contributed by atoms with Crippen LogP contribution in [0.15, 0.2) is 28.7 Å². The van der Waals surface area contributed by atoms with Crippen LogP contribution >= 0.6 is 15.9 Å². The van der Waals surface area contributed by atoms with E-state index < -0.39 is 0 Å². The minimum Gasteiger partial charge on any atom is -0.381 e. The molecule has 0 saturated carbocycles. The van der Waals surface area contributed by atoms with Gasteiger partial charge in [-0.3, -0.25) is 0 Å². The number of nitrogens with zero attached hydrogens (tertiary/aromatic N) is 1. The van der Waals surface area contributed by atoms with Crippen molar-refractivity contribution in [2.45, 2.75) is 37.1 Å². The molecule has 3 aliphatic rings. The molecule has 21 heavy (non-hydrogen) atoms. The molecular formula is C18H22BrNO. The molecule has 2 nitrogen and oxygen atoms in total. The van der Waals surface area contributed by atoms with Crippen LogP contribution in [0.3, 0.4) is 0 Å². The number of piperidine rings is 1. The topological polar surface area (TPSA) is 12.5 Å². The number of benzene rings is 1. The SMILES string of the molecule is Brc1ccc2c(c1)C=CC21CCN(C2CCOCC2)CC1. The van der Waals surface area contributed by atoms with Crippen molar-refractivity contribution >= 4 is 22.0 Å². The maximum atomic E-state index is 5.50. The lowest BCUT2D eigenvalue weighted by Crippen LogP contribution is -2.47. The van der Waals surface area contributed by atoms with E-state index in [1.807, 2.05) is 0 Å². The summed E-state index contributed by atoms with van der Waals surface area (Å²) in [7, 11) is 0. The van der Waals surface area contributed by atoms with Gasteiger partial charge in [-0.1, -0.05) is 34.1 Å². The molecule has 1 aromatic rings. The van der Waals surface area contributed by atoms with Crippen LogP contribution in [0.4, 0.5) is 0 Å². The minimum atomic E-state index is 0.303. The Labute approximate surface area is 135 Å². The molecule has 0 aromatic heterocycles. The minimum absolute atomic E-state index is 0.303. The monoisotopic (exact) mass is 347 g/mol. The summed E-state index contributed by atoms with van der Waals surface area (Å²) in [6.07, 6.45) is 9.74. The van der Waals surface area contributed by atoms with E-state index >= 15 is 0 Å². The van der Waals surface area contributed by atoms with Crippen LogP contribution in [0.25, 0.3) is 6.08 Å². The zero-order chi connectivity index (χ0) is 14.3. The van der Waals surface area contributed by atoms with E-state index in [0.29, 0.717) is 5.41 Å². The Balaban J connectivity index is 1.49. The molecule has 0 atom stereocenters. The lowest BCUT2D eigenvalue weighted by atomic mass is 9.74. The fraction of sp³-hybridized carbons (Fsp3) is 0.556. The van der Waals surface area contributed by atoms with Crippen LogP contribution in [0.1, 0.15) is 36.8 Å². The van der Waals surface area contributed by atoms with Gasteiger partial charge in [-0.2, -0.15) is 0 Å². The molecule has 1 spiro atoms. The first-order valence-electron chi connectivity index (χ1n) is 8.08. The van der Waals surface area contributed by atoms with Crippen molar-refractivity contribution in [2.24, 2.45) is 0 Å². The fourth-order valence-corrected chi connectivity index (χ4v) is 4.62. The van der Waals surface area contributed by atoms with Gasteiger partial charge in [0.2, 0.25) is 0 Å². The van der Waals surface area contributed by atoms with Crippen LogP contribution in [-0.4, -0.2) is 37.2 Å². The zero-order valence-electron chi connectivity index (χ0n) is 12.4. The molecule has 0 unspecified atom stereocenters. The molecule has 1 aromatic carbocycles. The van der Waals surface area contributed by atoms with Crippen molar-refractivity contribution in [1.29, 1.82) is 0 Å². The second kappa shape index (κ2) is 5.53. The summed E-state index contributed by atoms with van der Waals surface area (Å²) in [6.45, 7) is 4.35. The zero-order valence-corrected chi connectivity index (χ0v) is 13.9. The molecule has 1 aliphatic carbocycles. The Morgan fingerprint density at radius 1 is 1.14 bits per heavy atom. The van der Waals surface area contributed by atoms with E-state index in [9.17, 15) is 0 Å². The third kappa shape index (κ3) is 2.49. The van der Waals surface area contributed by atoms with Gasteiger partial charge < -0.3 is 9.64 Å². The number of hydrogen-bond donors (Lipinski definition) is 0. The Morgan fingerprint density at radius 3 is 2.67 bits per heavy atom. The Morgan fingerprint density at radius 2 is 1.90 bits per heavy atom. The molecule has 0 bridgehead atoms. The van der Waals surface area contributed by atoms with Crippen LogP contribution in [-0.2, 0) is 10.2 Å². The van der Waals surface area contributed by atoms with E-state index in [0.717, 1.165) is 19.3 Å². The first-order chi connectivity index (χ1) is 10.3. The lowest BCUT2D eigenvalue weighted by molar-refractivity contribution is 0.0210. The average molecular weight is 348 g/mol. The van der Waals surface area contributed by atoms with Gasteiger partial charge in [0, 0.05) is 29.1 Å². The van der Waals surface area contributed by atoms with Crippen molar-refractivity contribution in [3.63, 3.8) is 0 Å². The number of likely N-dealkylation sites (tertiary alicyclic amines) is 1. The largest absolute Gasteiger partial charge is 0.381 e.